The molecule has 0 bridgehead atoms. The Bertz CT molecular complexity index is 493. The number of hydrogen-bond donors (Lipinski definition) is 2. The Labute approximate surface area is 115 Å². The van der Waals surface area contributed by atoms with Crippen molar-refractivity contribution in [1.82, 2.24) is 5.32 Å². The first kappa shape index (κ1) is 15.4. The molecule has 4 nitrogen and oxygen atoms in total. The van der Waals surface area contributed by atoms with Crippen LogP contribution in [0.15, 0.2) is 18.2 Å². The van der Waals surface area contributed by atoms with Gasteiger partial charge in [0.1, 0.15) is 11.9 Å². The normalized spacial score (nSPS) is 13.7. The molecule has 2 N–H and O–H groups in total. The van der Waals surface area contributed by atoms with Crippen LogP contribution in [0.2, 0.25) is 5.02 Å². The fourth-order valence-electron chi connectivity index (χ4n) is 1.55. The van der Waals surface area contributed by atoms with Crippen molar-refractivity contribution in [3.05, 3.63) is 34.6 Å². The van der Waals surface area contributed by atoms with Crippen LogP contribution in [0.25, 0.3) is 0 Å². The van der Waals surface area contributed by atoms with E-state index in [1.54, 1.807) is 6.92 Å². The Kier molecular flexibility index (Phi) is 5.30. The Morgan fingerprint density at radius 1 is 1.47 bits per heavy atom. The number of halogens is 2. The number of nitrogens with one attached hydrogen (secondary N) is 1. The van der Waals surface area contributed by atoms with Crippen LogP contribution in [0.5, 0.6) is 0 Å². The zero-order valence-electron chi connectivity index (χ0n) is 10.6. The van der Waals surface area contributed by atoms with Gasteiger partial charge in [-0.2, -0.15) is 0 Å². The van der Waals surface area contributed by atoms with Crippen LogP contribution in [-0.2, 0) is 4.79 Å². The Morgan fingerprint density at radius 3 is 2.58 bits per heavy atom. The summed E-state index contributed by atoms with van der Waals surface area (Å²) in [6.45, 7) is 3.55. The number of hydrogen-bond acceptors (Lipinski definition) is 2. The predicted molar refractivity (Wildman–Crippen MR) is 69.8 cm³/mol. The van der Waals surface area contributed by atoms with Gasteiger partial charge in [-0.25, -0.2) is 9.18 Å². The lowest BCUT2D eigenvalue weighted by Gasteiger charge is -2.20. The molecule has 0 fully saturated rings. The number of carbonyl (C=O) groups excluding carboxylic acids is 1. The van der Waals surface area contributed by atoms with Gasteiger partial charge in [0.15, 0.2) is 0 Å². The summed E-state index contributed by atoms with van der Waals surface area (Å²) in [4.78, 5) is 22.9. The van der Waals surface area contributed by atoms with Crippen LogP contribution in [0.4, 0.5) is 4.39 Å². The number of rotatable bonds is 5. The summed E-state index contributed by atoms with van der Waals surface area (Å²) in [6.07, 6.45) is 0.603. The molecule has 6 heteroatoms. The maximum Gasteiger partial charge on any atom is 0.326 e. The minimum Gasteiger partial charge on any atom is -0.480 e. The fourth-order valence-corrected chi connectivity index (χ4v) is 1.66. The molecule has 0 spiro atoms. The van der Waals surface area contributed by atoms with E-state index < -0.39 is 23.7 Å². The van der Waals surface area contributed by atoms with Crippen LogP contribution < -0.4 is 5.32 Å². The van der Waals surface area contributed by atoms with Crippen molar-refractivity contribution in [3.63, 3.8) is 0 Å². The molecule has 0 saturated heterocycles. The molecule has 1 aromatic rings. The van der Waals surface area contributed by atoms with Crippen molar-refractivity contribution in [1.29, 1.82) is 0 Å². The Balaban J connectivity index is 2.87. The summed E-state index contributed by atoms with van der Waals surface area (Å²) < 4.78 is 13.2. The smallest absolute Gasteiger partial charge is 0.326 e. The maximum atomic E-state index is 13.2. The lowest BCUT2D eigenvalue weighted by atomic mass is 9.99. The predicted octanol–water partition coefficient (Wildman–Crippen LogP) is 2.71. The van der Waals surface area contributed by atoms with Crippen LogP contribution in [0, 0.1) is 11.7 Å². The minimum atomic E-state index is -1.11. The first-order valence-electron chi connectivity index (χ1n) is 5.85. The van der Waals surface area contributed by atoms with E-state index >= 15 is 0 Å². The second-order valence-electron chi connectivity index (χ2n) is 4.30. The summed E-state index contributed by atoms with van der Waals surface area (Å²) in [5.74, 6) is -2.69. The fraction of sp³-hybridized carbons (Fsp3) is 0.385. The third-order valence-corrected chi connectivity index (χ3v) is 3.25. The molecule has 0 saturated carbocycles. The lowest BCUT2D eigenvalue weighted by Crippen LogP contribution is -2.45. The number of aliphatic carboxylic acids is 1. The van der Waals surface area contributed by atoms with Crippen LogP contribution in [0.1, 0.15) is 30.6 Å². The SMILES string of the molecule is CCC(C)C(NC(=O)c1ccc(Cl)c(F)c1)C(=O)O. The number of carbonyl (C=O) groups is 2. The van der Waals surface area contributed by atoms with E-state index in [1.807, 2.05) is 6.92 Å². The summed E-state index contributed by atoms with van der Waals surface area (Å²) in [6, 6.07) is 2.57. The first-order chi connectivity index (χ1) is 8.86. The zero-order valence-corrected chi connectivity index (χ0v) is 11.4. The van der Waals surface area contributed by atoms with Gasteiger partial charge in [0.2, 0.25) is 0 Å². The molecule has 0 aliphatic heterocycles. The number of amides is 1. The topological polar surface area (TPSA) is 66.4 Å². The van der Waals surface area contributed by atoms with E-state index in [9.17, 15) is 14.0 Å². The molecule has 0 aliphatic carbocycles. The van der Waals surface area contributed by atoms with E-state index in [0.717, 1.165) is 6.07 Å². The van der Waals surface area contributed by atoms with Gasteiger partial charge in [-0.3, -0.25) is 4.79 Å². The number of carboxylic acid groups (broad SMARTS) is 1. The van der Waals surface area contributed by atoms with E-state index in [4.69, 9.17) is 16.7 Å². The standard InChI is InChI=1S/C13H15ClFNO3/c1-3-7(2)11(13(18)19)16-12(17)8-4-5-9(14)10(15)6-8/h4-7,11H,3H2,1-2H3,(H,16,17)(H,18,19). The number of benzene rings is 1. The Morgan fingerprint density at radius 2 is 2.11 bits per heavy atom. The highest BCUT2D eigenvalue weighted by atomic mass is 35.5. The highest BCUT2D eigenvalue weighted by Crippen LogP contribution is 2.16. The summed E-state index contributed by atoms with van der Waals surface area (Å²) >= 11 is 5.51. The molecule has 19 heavy (non-hydrogen) atoms. The molecule has 2 atom stereocenters. The van der Waals surface area contributed by atoms with Gasteiger partial charge in [-0.05, 0) is 24.1 Å². The van der Waals surface area contributed by atoms with Gasteiger partial charge >= 0.3 is 5.97 Å². The summed E-state index contributed by atoms with van der Waals surface area (Å²) in [7, 11) is 0. The summed E-state index contributed by atoms with van der Waals surface area (Å²) in [5, 5.41) is 11.4. The molecular formula is C13H15ClFNO3. The zero-order chi connectivity index (χ0) is 14.6. The van der Waals surface area contributed by atoms with Gasteiger partial charge in [0.25, 0.3) is 5.91 Å². The van der Waals surface area contributed by atoms with E-state index in [1.165, 1.54) is 12.1 Å². The third kappa shape index (κ3) is 3.92. The molecule has 0 radical (unpaired) electrons. The van der Waals surface area contributed by atoms with Crippen molar-refractivity contribution in [2.75, 3.05) is 0 Å². The molecule has 0 heterocycles. The van der Waals surface area contributed by atoms with E-state index in [2.05, 4.69) is 5.32 Å². The van der Waals surface area contributed by atoms with Crippen molar-refractivity contribution in [3.8, 4) is 0 Å². The van der Waals surface area contributed by atoms with Gasteiger partial charge in [-0.15, -0.1) is 0 Å². The largest absolute Gasteiger partial charge is 0.480 e. The average molecular weight is 288 g/mol. The van der Waals surface area contributed by atoms with E-state index in [-0.39, 0.29) is 16.5 Å². The molecule has 1 aromatic carbocycles. The molecule has 0 aromatic heterocycles. The van der Waals surface area contributed by atoms with Crippen LogP contribution in [-0.4, -0.2) is 23.0 Å². The monoisotopic (exact) mass is 287 g/mol. The minimum absolute atomic E-state index is 0.0384. The lowest BCUT2D eigenvalue weighted by molar-refractivity contribution is -0.140. The molecule has 0 aliphatic rings. The van der Waals surface area contributed by atoms with Crippen LogP contribution >= 0.6 is 11.6 Å². The molecule has 1 amide bonds. The molecule has 104 valence electrons. The Hall–Kier alpha value is -1.62. The molecule has 1 rings (SSSR count). The van der Waals surface area contributed by atoms with Crippen LogP contribution in [0.3, 0.4) is 0 Å². The second-order valence-corrected chi connectivity index (χ2v) is 4.71. The first-order valence-corrected chi connectivity index (χ1v) is 6.23. The highest BCUT2D eigenvalue weighted by Gasteiger charge is 2.25. The maximum absolute atomic E-state index is 13.2. The van der Waals surface area contributed by atoms with Gasteiger partial charge in [-0.1, -0.05) is 31.9 Å². The molecular weight excluding hydrogens is 273 g/mol. The average Bonchev–Trinajstić information content (AvgIpc) is 2.37. The highest BCUT2D eigenvalue weighted by molar-refractivity contribution is 6.30. The quantitative estimate of drug-likeness (QED) is 0.875. The third-order valence-electron chi connectivity index (χ3n) is 2.95. The van der Waals surface area contributed by atoms with Crippen molar-refractivity contribution >= 4 is 23.5 Å². The van der Waals surface area contributed by atoms with E-state index in [0.29, 0.717) is 6.42 Å². The molecule has 2 unspecified atom stereocenters. The van der Waals surface area contributed by atoms with Crippen molar-refractivity contribution in [2.24, 2.45) is 5.92 Å². The second kappa shape index (κ2) is 6.52. The van der Waals surface area contributed by atoms with Gasteiger partial charge < -0.3 is 10.4 Å². The van der Waals surface area contributed by atoms with Gasteiger partial charge in [0.05, 0.1) is 5.02 Å². The van der Waals surface area contributed by atoms with Gasteiger partial charge in [0, 0.05) is 5.56 Å². The van der Waals surface area contributed by atoms with Crippen molar-refractivity contribution < 1.29 is 19.1 Å². The summed E-state index contributed by atoms with van der Waals surface area (Å²) in [5.41, 5.74) is 0.0384. The number of carboxylic acids is 1. The van der Waals surface area contributed by atoms with Crippen molar-refractivity contribution in [2.45, 2.75) is 26.3 Å².